The summed E-state index contributed by atoms with van der Waals surface area (Å²) in [5.74, 6) is 0.834. The van der Waals surface area contributed by atoms with Crippen molar-refractivity contribution in [3.8, 4) is 0 Å². The fourth-order valence-electron chi connectivity index (χ4n) is 3.55. The van der Waals surface area contributed by atoms with E-state index in [4.69, 9.17) is 0 Å². The number of hydrogen-bond donors (Lipinski definition) is 1. The van der Waals surface area contributed by atoms with E-state index < -0.39 is 0 Å². The van der Waals surface area contributed by atoms with E-state index in [1.54, 1.807) is 0 Å². The molecule has 1 aliphatic carbocycles. The van der Waals surface area contributed by atoms with Crippen LogP contribution in [0.5, 0.6) is 0 Å². The highest BCUT2D eigenvalue weighted by atomic mass is 15.1. The van der Waals surface area contributed by atoms with E-state index in [1.165, 1.54) is 51.7 Å². The Morgan fingerprint density at radius 3 is 2.53 bits per heavy atom. The minimum Gasteiger partial charge on any atom is -0.314 e. The first-order chi connectivity index (χ1) is 9.02. The highest BCUT2D eigenvalue weighted by molar-refractivity contribution is 4.90. The summed E-state index contributed by atoms with van der Waals surface area (Å²) in [4.78, 5) is 2.67. The van der Waals surface area contributed by atoms with E-state index in [-0.39, 0.29) is 0 Å². The Balaban J connectivity index is 2.57. The molecule has 0 aromatic heterocycles. The third kappa shape index (κ3) is 5.83. The maximum Gasteiger partial charge on any atom is 0.0108 e. The summed E-state index contributed by atoms with van der Waals surface area (Å²) in [5, 5.41) is 3.73. The van der Waals surface area contributed by atoms with Crippen molar-refractivity contribution in [2.75, 3.05) is 26.2 Å². The highest BCUT2D eigenvalue weighted by Gasteiger charge is 2.34. The lowest BCUT2D eigenvalue weighted by Gasteiger charge is -2.43. The molecule has 1 aliphatic rings. The van der Waals surface area contributed by atoms with Gasteiger partial charge in [-0.05, 0) is 56.7 Å². The van der Waals surface area contributed by atoms with Crippen LogP contribution >= 0.6 is 0 Å². The number of nitrogens with zero attached hydrogens (tertiary/aromatic N) is 1. The van der Waals surface area contributed by atoms with Gasteiger partial charge in [0.05, 0.1) is 0 Å². The van der Waals surface area contributed by atoms with E-state index in [0.29, 0.717) is 5.41 Å². The average molecular weight is 268 g/mol. The Hall–Kier alpha value is -0.0800. The fourth-order valence-corrected chi connectivity index (χ4v) is 3.55. The second kappa shape index (κ2) is 8.26. The third-order valence-electron chi connectivity index (χ3n) is 4.75. The van der Waals surface area contributed by atoms with Crippen molar-refractivity contribution in [3.63, 3.8) is 0 Å². The van der Waals surface area contributed by atoms with E-state index in [0.717, 1.165) is 18.5 Å². The normalized spacial score (nSPS) is 26.8. The summed E-state index contributed by atoms with van der Waals surface area (Å²) < 4.78 is 0. The van der Waals surface area contributed by atoms with Gasteiger partial charge in [0.25, 0.3) is 0 Å². The maximum absolute atomic E-state index is 3.73. The zero-order valence-electron chi connectivity index (χ0n) is 14.0. The molecular weight excluding hydrogens is 232 g/mol. The smallest absolute Gasteiger partial charge is 0.0108 e. The molecule has 2 heteroatoms. The van der Waals surface area contributed by atoms with Crippen LogP contribution in [0.15, 0.2) is 0 Å². The van der Waals surface area contributed by atoms with Crippen LogP contribution < -0.4 is 5.32 Å². The second-order valence-electron chi connectivity index (χ2n) is 7.08. The van der Waals surface area contributed by atoms with Gasteiger partial charge in [0.2, 0.25) is 0 Å². The van der Waals surface area contributed by atoms with Gasteiger partial charge < -0.3 is 10.2 Å². The summed E-state index contributed by atoms with van der Waals surface area (Å²) in [7, 11) is 0. The molecule has 2 unspecified atom stereocenters. The molecule has 0 bridgehead atoms. The molecule has 1 fully saturated rings. The van der Waals surface area contributed by atoms with Crippen LogP contribution in [0, 0.1) is 11.3 Å². The second-order valence-corrected chi connectivity index (χ2v) is 7.08. The number of nitrogens with one attached hydrogen (secondary N) is 1. The van der Waals surface area contributed by atoms with Crippen molar-refractivity contribution >= 4 is 0 Å². The first-order valence-corrected chi connectivity index (χ1v) is 8.48. The summed E-state index contributed by atoms with van der Waals surface area (Å²) in [6, 6.07) is 0.744. The van der Waals surface area contributed by atoms with Crippen LogP contribution in [-0.4, -0.2) is 37.1 Å². The van der Waals surface area contributed by atoms with E-state index in [2.05, 4.69) is 44.8 Å². The van der Waals surface area contributed by atoms with Gasteiger partial charge in [-0.15, -0.1) is 0 Å². The van der Waals surface area contributed by atoms with Crippen molar-refractivity contribution in [3.05, 3.63) is 0 Å². The van der Waals surface area contributed by atoms with Gasteiger partial charge in [0.15, 0.2) is 0 Å². The zero-order chi connectivity index (χ0) is 14.3. The van der Waals surface area contributed by atoms with Crippen LogP contribution in [0.3, 0.4) is 0 Å². The Kier molecular flexibility index (Phi) is 7.38. The number of hydrogen-bond acceptors (Lipinski definition) is 2. The molecule has 0 spiro atoms. The van der Waals surface area contributed by atoms with Crippen LogP contribution in [0.25, 0.3) is 0 Å². The Morgan fingerprint density at radius 1 is 1.21 bits per heavy atom. The van der Waals surface area contributed by atoms with Gasteiger partial charge in [-0.2, -0.15) is 0 Å². The van der Waals surface area contributed by atoms with Crippen molar-refractivity contribution in [2.24, 2.45) is 11.3 Å². The average Bonchev–Trinajstić information content (AvgIpc) is 2.37. The van der Waals surface area contributed by atoms with Crippen molar-refractivity contribution in [1.29, 1.82) is 0 Å². The van der Waals surface area contributed by atoms with Gasteiger partial charge in [-0.1, -0.05) is 41.0 Å². The molecule has 0 heterocycles. The molecule has 114 valence electrons. The molecule has 1 saturated carbocycles. The predicted octanol–water partition coefficient (Wildman–Crippen LogP) is 3.91. The van der Waals surface area contributed by atoms with Crippen LogP contribution in [-0.2, 0) is 0 Å². The lowest BCUT2D eigenvalue weighted by atomic mass is 9.69. The summed E-state index contributed by atoms with van der Waals surface area (Å²) >= 11 is 0. The van der Waals surface area contributed by atoms with Gasteiger partial charge in [-0.25, -0.2) is 0 Å². The molecule has 0 radical (unpaired) electrons. The number of rotatable bonds is 8. The lowest BCUT2D eigenvalue weighted by molar-refractivity contribution is 0.102. The molecule has 0 aromatic carbocycles. The Bertz CT molecular complexity index is 237. The summed E-state index contributed by atoms with van der Waals surface area (Å²) in [6.07, 6.45) is 6.77. The molecular formula is C17H36N2. The number of unbranched alkanes of at least 4 members (excludes halogenated alkanes) is 1. The van der Waals surface area contributed by atoms with E-state index in [1.807, 2.05) is 0 Å². The van der Waals surface area contributed by atoms with Crippen LogP contribution in [0.1, 0.15) is 66.7 Å². The molecule has 0 aliphatic heterocycles. The van der Waals surface area contributed by atoms with Crippen molar-refractivity contribution in [1.82, 2.24) is 10.2 Å². The first-order valence-electron chi connectivity index (χ1n) is 8.48. The molecule has 2 atom stereocenters. The van der Waals surface area contributed by atoms with Crippen molar-refractivity contribution in [2.45, 2.75) is 72.8 Å². The van der Waals surface area contributed by atoms with Crippen LogP contribution in [0.2, 0.25) is 0 Å². The first kappa shape index (κ1) is 17.0. The lowest BCUT2D eigenvalue weighted by Crippen LogP contribution is -2.47. The van der Waals surface area contributed by atoms with E-state index in [9.17, 15) is 0 Å². The topological polar surface area (TPSA) is 15.3 Å². The van der Waals surface area contributed by atoms with Crippen LogP contribution in [0.4, 0.5) is 0 Å². The minimum absolute atomic E-state index is 0.542. The molecule has 1 N–H and O–H groups in total. The van der Waals surface area contributed by atoms with Gasteiger partial charge in [0, 0.05) is 12.6 Å². The molecule has 19 heavy (non-hydrogen) atoms. The molecule has 0 amide bonds. The molecule has 2 nitrogen and oxygen atoms in total. The predicted molar refractivity (Wildman–Crippen MR) is 85.6 cm³/mol. The minimum atomic E-state index is 0.542. The zero-order valence-corrected chi connectivity index (χ0v) is 14.0. The van der Waals surface area contributed by atoms with Crippen molar-refractivity contribution < 1.29 is 0 Å². The Labute approximate surface area is 121 Å². The van der Waals surface area contributed by atoms with Gasteiger partial charge >= 0.3 is 0 Å². The molecule has 0 saturated heterocycles. The van der Waals surface area contributed by atoms with Gasteiger partial charge in [-0.3, -0.25) is 0 Å². The summed E-state index contributed by atoms with van der Waals surface area (Å²) in [5.41, 5.74) is 0.542. The third-order valence-corrected chi connectivity index (χ3v) is 4.75. The Morgan fingerprint density at radius 2 is 1.95 bits per heavy atom. The quantitative estimate of drug-likeness (QED) is 0.718. The largest absolute Gasteiger partial charge is 0.314 e. The molecule has 1 rings (SSSR count). The van der Waals surface area contributed by atoms with Gasteiger partial charge in [0.1, 0.15) is 0 Å². The summed E-state index contributed by atoms with van der Waals surface area (Å²) in [6.45, 7) is 16.6. The molecule has 0 aromatic rings. The standard InChI is InChI=1S/C17H36N2/c1-6-9-12-19(8-3)14-15-13-17(4,5)11-10-16(15)18-7-2/h15-16,18H,6-14H2,1-5H3. The highest BCUT2D eigenvalue weighted by Crippen LogP contribution is 2.39. The SMILES string of the molecule is CCCCN(CC)CC1CC(C)(C)CCC1NCC. The van der Waals surface area contributed by atoms with E-state index >= 15 is 0 Å². The monoisotopic (exact) mass is 268 g/mol. The fraction of sp³-hybridized carbons (Fsp3) is 1.00. The maximum atomic E-state index is 3.73.